The number of unbranched alkanes of at least 4 members (excludes halogenated alkanes) is 5. The molecule has 0 spiro atoms. The van der Waals surface area contributed by atoms with Gasteiger partial charge >= 0.3 is 0 Å². The van der Waals surface area contributed by atoms with E-state index in [1.807, 2.05) is 36.5 Å². The molecule has 3 heterocycles. The van der Waals surface area contributed by atoms with E-state index in [-0.39, 0.29) is 0 Å². The van der Waals surface area contributed by atoms with Crippen LogP contribution in [-0.2, 0) is 13.0 Å². The monoisotopic (exact) mass is 422 g/mol. The molecule has 2 aromatic heterocycles. The standard InChI is InChI=1S/C24H30N4OS/c1-4-5-6-7-8-9-12-18-15-20-23(19-13-10-11-14-21(19)29-3)25-16-22-27-26-17(2)28(22)24(20)30-18/h10-11,13-15H,4-9,12,16H2,1-3H3. The molecule has 158 valence electrons. The van der Waals surface area contributed by atoms with Gasteiger partial charge in [-0.1, -0.05) is 51.2 Å². The molecule has 30 heavy (non-hydrogen) atoms. The van der Waals surface area contributed by atoms with Crippen molar-refractivity contribution in [1.29, 1.82) is 0 Å². The van der Waals surface area contributed by atoms with Crippen LogP contribution in [0.3, 0.4) is 0 Å². The van der Waals surface area contributed by atoms with Gasteiger partial charge in [0.05, 0.1) is 12.8 Å². The van der Waals surface area contributed by atoms with Crippen molar-refractivity contribution in [2.75, 3.05) is 7.11 Å². The summed E-state index contributed by atoms with van der Waals surface area (Å²) in [6.07, 6.45) is 8.97. The second-order valence-corrected chi connectivity index (χ2v) is 8.93. The number of benzene rings is 1. The van der Waals surface area contributed by atoms with Gasteiger partial charge in [0.25, 0.3) is 0 Å². The lowest BCUT2D eigenvalue weighted by atomic mass is 10.0. The highest BCUT2D eigenvalue weighted by Gasteiger charge is 2.25. The lowest BCUT2D eigenvalue weighted by Gasteiger charge is -2.11. The number of para-hydroxylation sites is 1. The summed E-state index contributed by atoms with van der Waals surface area (Å²) in [4.78, 5) is 6.36. The molecule has 6 heteroatoms. The fraction of sp³-hybridized carbons (Fsp3) is 0.458. The molecule has 0 atom stereocenters. The second-order valence-electron chi connectivity index (χ2n) is 7.81. The second kappa shape index (κ2) is 9.56. The van der Waals surface area contributed by atoms with Gasteiger partial charge in [-0.15, -0.1) is 21.5 Å². The fourth-order valence-electron chi connectivity index (χ4n) is 4.05. The first-order chi connectivity index (χ1) is 14.7. The van der Waals surface area contributed by atoms with Crippen molar-refractivity contribution in [3.05, 3.63) is 58.0 Å². The predicted molar refractivity (Wildman–Crippen MR) is 123 cm³/mol. The van der Waals surface area contributed by atoms with Crippen LogP contribution in [0.2, 0.25) is 0 Å². The number of hydrogen-bond acceptors (Lipinski definition) is 5. The zero-order valence-corrected chi connectivity index (χ0v) is 19.0. The molecule has 0 saturated heterocycles. The van der Waals surface area contributed by atoms with Crippen LogP contribution < -0.4 is 4.74 Å². The maximum absolute atomic E-state index is 5.64. The topological polar surface area (TPSA) is 52.3 Å². The summed E-state index contributed by atoms with van der Waals surface area (Å²) in [6, 6.07) is 10.5. The SMILES string of the molecule is CCCCCCCCc1cc2c(s1)-n1c(C)nnc1CN=C2c1ccccc1OC. The minimum Gasteiger partial charge on any atom is -0.496 e. The maximum Gasteiger partial charge on any atom is 0.160 e. The van der Waals surface area contributed by atoms with E-state index < -0.39 is 0 Å². The minimum absolute atomic E-state index is 0.516. The number of rotatable bonds is 9. The van der Waals surface area contributed by atoms with Crippen molar-refractivity contribution in [3.63, 3.8) is 0 Å². The van der Waals surface area contributed by atoms with Crippen molar-refractivity contribution in [1.82, 2.24) is 14.8 Å². The Kier molecular flexibility index (Phi) is 6.62. The van der Waals surface area contributed by atoms with E-state index in [9.17, 15) is 0 Å². The number of hydrogen-bond donors (Lipinski definition) is 0. The Bertz CT molecular complexity index is 1030. The van der Waals surface area contributed by atoms with Crippen LogP contribution >= 0.6 is 11.3 Å². The Balaban J connectivity index is 1.66. The van der Waals surface area contributed by atoms with Gasteiger partial charge < -0.3 is 4.74 Å². The van der Waals surface area contributed by atoms with E-state index in [1.54, 1.807) is 7.11 Å². The van der Waals surface area contributed by atoms with Gasteiger partial charge in [-0.25, -0.2) is 0 Å². The van der Waals surface area contributed by atoms with E-state index in [0.717, 1.165) is 40.7 Å². The molecule has 1 aliphatic rings. The number of thiophene rings is 1. The third kappa shape index (κ3) is 4.19. The number of aromatic nitrogens is 3. The number of nitrogens with zero attached hydrogens (tertiary/aromatic N) is 4. The molecule has 0 radical (unpaired) electrons. The summed E-state index contributed by atoms with van der Waals surface area (Å²) in [6.45, 7) is 4.80. The summed E-state index contributed by atoms with van der Waals surface area (Å²) in [5.41, 5.74) is 3.17. The zero-order valence-electron chi connectivity index (χ0n) is 18.1. The van der Waals surface area contributed by atoms with Gasteiger partial charge in [-0.05, 0) is 38.0 Å². The first-order valence-electron chi connectivity index (χ1n) is 10.9. The normalized spacial score (nSPS) is 12.8. The Morgan fingerprint density at radius 2 is 1.83 bits per heavy atom. The summed E-state index contributed by atoms with van der Waals surface area (Å²) in [5, 5.41) is 9.87. The van der Waals surface area contributed by atoms with Crippen LogP contribution in [0.1, 0.15) is 73.1 Å². The Morgan fingerprint density at radius 1 is 1.03 bits per heavy atom. The largest absolute Gasteiger partial charge is 0.496 e. The first-order valence-corrected chi connectivity index (χ1v) is 11.8. The highest BCUT2D eigenvalue weighted by atomic mass is 32.1. The Labute approximate surface area is 182 Å². The van der Waals surface area contributed by atoms with E-state index >= 15 is 0 Å². The van der Waals surface area contributed by atoms with Gasteiger partial charge in [-0.2, -0.15) is 0 Å². The molecule has 0 aliphatic carbocycles. The number of ether oxygens (including phenoxy) is 1. The molecule has 0 saturated carbocycles. The van der Waals surface area contributed by atoms with Crippen LogP contribution in [0.4, 0.5) is 0 Å². The van der Waals surface area contributed by atoms with Crippen molar-refractivity contribution in [2.24, 2.45) is 4.99 Å². The van der Waals surface area contributed by atoms with Crippen LogP contribution in [-0.4, -0.2) is 27.6 Å². The lowest BCUT2D eigenvalue weighted by Crippen LogP contribution is -2.07. The average Bonchev–Trinajstić information content (AvgIpc) is 3.30. The summed E-state index contributed by atoms with van der Waals surface area (Å²) < 4.78 is 7.82. The molecule has 1 aliphatic heterocycles. The smallest absolute Gasteiger partial charge is 0.160 e. The van der Waals surface area contributed by atoms with E-state index in [2.05, 4.69) is 33.8 Å². The molecule has 4 rings (SSSR count). The number of methoxy groups -OCH3 is 1. The van der Waals surface area contributed by atoms with E-state index in [4.69, 9.17) is 9.73 Å². The van der Waals surface area contributed by atoms with Crippen LogP contribution in [0.25, 0.3) is 5.00 Å². The fourth-order valence-corrected chi connectivity index (χ4v) is 5.31. The highest BCUT2D eigenvalue weighted by Crippen LogP contribution is 2.35. The number of fused-ring (bicyclic) bond motifs is 3. The zero-order chi connectivity index (χ0) is 20.9. The Morgan fingerprint density at radius 3 is 2.67 bits per heavy atom. The summed E-state index contributed by atoms with van der Waals surface area (Å²) >= 11 is 1.85. The third-order valence-corrected chi connectivity index (χ3v) is 6.81. The Hall–Kier alpha value is -2.47. The summed E-state index contributed by atoms with van der Waals surface area (Å²) in [5.74, 6) is 2.66. The van der Waals surface area contributed by atoms with Crippen molar-refractivity contribution < 1.29 is 4.74 Å². The minimum atomic E-state index is 0.516. The molecule has 3 aromatic rings. The summed E-state index contributed by atoms with van der Waals surface area (Å²) in [7, 11) is 1.72. The molecular weight excluding hydrogens is 392 g/mol. The molecule has 1 aromatic carbocycles. The van der Waals surface area contributed by atoms with Crippen molar-refractivity contribution in [3.8, 4) is 10.8 Å². The van der Waals surface area contributed by atoms with Gasteiger partial charge in [0.15, 0.2) is 5.82 Å². The van der Waals surface area contributed by atoms with Gasteiger partial charge in [-0.3, -0.25) is 9.56 Å². The molecule has 5 nitrogen and oxygen atoms in total. The molecule has 0 amide bonds. The number of aliphatic imine (C=N–C) groups is 1. The van der Waals surface area contributed by atoms with Crippen molar-refractivity contribution in [2.45, 2.75) is 65.3 Å². The van der Waals surface area contributed by atoms with Crippen LogP contribution in [0, 0.1) is 6.92 Å². The molecular formula is C24H30N4OS. The predicted octanol–water partition coefficient (Wildman–Crippen LogP) is 5.90. The van der Waals surface area contributed by atoms with E-state index in [0.29, 0.717) is 6.54 Å². The highest BCUT2D eigenvalue weighted by molar-refractivity contribution is 7.15. The van der Waals surface area contributed by atoms with Gasteiger partial charge in [0, 0.05) is 16.0 Å². The third-order valence-electron chi connectivity index (χ3n) is 5.63. The average molecular weight is 423 g/mol. The van der Waals surface area contributed by atoms with Gasteiger partial charge in [0.2, 0.25) is 0 Å². The molecule has 0 fully saturated rings. The van der Waals surface area contributed by atoms with Crippen LogP contribution in [0.5, 0.6) is 5.75 Å². The molecule has 0 N–H and O–H groups in total. The van der Waals surface area contributed by atoms with Crippen LogP contribution in [0.15, 0.2) is 35.3 Å². The quantitative estimate of drug-likeness (QED) is 0.403. The first kappa shape index (κ1) is 20.8. The molecule has 0 unspecified atom stereocenters. The van der Waals surface area contributed by atoms with E-state index in [1.165, 1.54) is 48.4 Å². The van der Waals surface area contributed by atoms with Gasteiger partial charge in [0.1, 0.15) is 23.1 Å². The maximum atomic E-state index is 5.64. The number of aryl methyl sites for hydroxylation is 2. The molecule has 0 bridgehead atoms. The van der Waals surface area contributed by atoms with Crippen molar-refractivity contribution >= 4 is 17.0 Å². The lowest BCUT2D eigenvalue weighted by molar-refractivity contribution is 0.414.